The Morgan fingerprint density at radius 3 is 2.55 bits per heavy atom. The average Bonchev–Trinajstić information content (AvgIpc) is 3.01. The number of ether oxygens (including phenoxy) is 2. The molecule has 2 unspecified atom stereocenters. The molecule has 0 fully saturated rings. The van der Waals surface area contributed by atoms with E-state index in [1.54, 1.807) is 11.3 Å². The second-order valence-electron chi connectivity index (χ2n) is 4.54. The Morgan fingerprint density at radius 1 is 1.10 bits per heavy atom. The van der Waals surface area contributed by atoms with Gasteiger partial charge in [-0.05, 0) is 30.0 Å². The highest BCUT2D eigenvalue weighted by molar-refractivity contribution is 7.10. The van der Waals surface area contributed by atoms with Crippen molar-refractivity contribution in [3.8, 4) is 5.75 Å². The SMILES string of the molecule is CCC(N)C(OCCOc1ccccc1)c1cccs1. The zero-order valence-electron chi connectivity index (χ0n) is 11.7. The maximum atomic E-state index is 6.14. The smallest absolute Gasteiger partial charge is 0.119 e. The molecular formula is C16H21NO2S. The van der Waals surface area contributed by atoms with Crippen molar-refractivity contribution < 1.29 is 9.47 Å². The van der Waals surface area contributed by atoms with E-state index in [-0.39, 0.29) is 12.1 Å². The van der Waals surface area contributed by atoms with Gasteiger partial charge >= 0.3 is 0 Å². The van der Waals surface area contributed by atoms with Crippen molar-refractivity contribution in [2.45, 2.75) is 25.5 Å². The molecule has 2 N–H and O–H groups in total. The monoisotopic (exact) mass is 291 g/mol. The van der Waals surface area contributed by atoms with Gasteiger partial charge in [0.2, 0.25) is 0 Å². The summed E-state index contributed by atoms with van der Waals surface area (Å²) in [5.41, 5.74) is 6.14. The highest BCUT2D eigenvalue weighted by Gasteiger charge is 2.20. The predicted molar refractivity (Wildman–Crippen MR) is 83.2 cm³/mol. The Balaban J connectivity index is 1.81. The summed E-state index contributed by atoms with van der Waals surface area (Å²) in [6, 6.07) is 13.9. The van der Waals surface area contributed by atoms with Gasteiger partial charge < -0.3 is 15.2 Å². The van der Waals surface area contributed by atoms with Gasteiger partial charge in [-0.2, -0.15) is 0 Å². The van der Waals surface area contributed by atoms with E-state index in [0.29, 0.717) is 13.2 Å². The van der Waals surface area contributed by atoms with Crippen LogP contribution < -0.4 is 10.5 Å². The van der Waals surface area contributed by atoms with Crippen molar-refractivity contribution in [2.24, 2.45) is 5.73 Å². The largest absolute Gasteiger partial charge is 0.491 e. The molecule has 0 saturated heterocycles. The van der Waals surface area contributed by atoms with Crippen LogP contribution in [0.15, 0.2) is 47.8 Å². The Kier molecular flexibility index (Phi) is 6.05. The molecule has 2 rings (SSSR count). The average molecular weight is 291 g/mol. The van der Waals surface area contributed by atoms with Crippen LogP contribution in [0.5, 0.6) is 5.75 Å². The van der Waals surface area contributed by atoms with Crippen LogP contribution in [0.3, 0.4) is 0 Å². The minimum Gasteiger partial charge on any atom is -0.491 e. The van der Waals surface area contributed by atoms with Gasteiger partial charge in [-0.1, -0.05) is 31.2 Å². The van der Waals surface area contributed by atoms with Crippen molar-refractivity contribution in [3.63, 3.8) is 0 Å². The molecule has 0 aliphatic carbocycles. The summed E-state index contributed by atoms with van der Waals surface area (Å²) in [7, 11) is 0. The zero-order chi connectivity index (χ0) is 14.2. The van der Waals surface area contributed by atoms with Crippen LogP contribution in [0.4, 0.5) is 0 Å². The van der Waals surface area contributed by atoms with Gasteiger partial charge in [0, 0.05) is 10.9 Å². The van der Waals surface area contributed by atoms with Crippen molar-refractivity contribution in [1.82, 2.24) is 0 Å². The molecule has 0 saturated carbocycles. The third kappa shape index (κ3) is 4.34. The maximum Gasteiger partial charge on any atom is 0.119 e. The lowest BCUT2D eigenvalue weighted by molar-refractivity contribution is 0.0188. The van der Waals surface area contributed by atoms with Gasteiger partial charge in [0.15, 0.2) is 0 Å². The minimum atomic E-state index is -0.0422. The summed E-state index contributed by atoms with van der Waals surface area (Å²) < 4.78 is 11.5. The lowest BCUT2D eigenvalue weighted by atomic mass is 10.1. The first-order valence-corrected chi connectivity index (χ1v) is 7.77. The molecule has 108 valence electrons. The highest BCUT2D eigenvalue weighted by Crippen LogP contribution is 2.26. The fraction of sp³-hybridized carbons (Fsp3) is 0.375. The molecular weight excluding hydrogens is 270 g/mol. The topological polar surface area (TPSA) is 44.5 Å². The summed E-state index contributed by atoms with van der Waals surface area (Å²) in [6.45, 7) is 3.14. The molecule has 0 radical (unpaired) electrons. The van der Waals surface area contributed by atoms with Crippen molar-refractivity contribution >= 4 is 11.3 Å². The Bertz CT molecular complexity index is 472. The number of benzene rings is 1. The van der Waals surface area contributed by atoms with E-state index in [1.165, 1.54) is 4.88 Å². The standard InChI is InChI=1S/C16H21NO2S/c1-2-14(17)16(15-9-6-12-20-15)19-11-10-18-13-7-4-3-5-8-13/h3-9,12,14,16H,2,10-11,17H2,1H3. The van der Waals surface area contributed by atoms with Crippen LogP contribution in [0.2, 0.25) is 0 Å². The molecule has 0 bridgehead atoms. The maximum absolute atomic E-state index is 6.14. The summed E-state index contributed by atoms with van der Waals surface area (Å²) in [5.74, 6) is 0.864. The molecule has 0 aliphatic heterocycles. The first-order valence-electron chi connectivity index (χ1n) is 6.89. The van der Waals surface area contributed by atoms with Crippen LogP contribution in [0.1, 0.15) is 24.3 Å². The van der Waals surface area contributed by atoms with Crippen LogP contribution in [-0.2, 0) is 4.74 Å². The highest BCUT2D eigenvalue weighted by atomic mass is 32.1. The first kappa shape index (κ1) is 15.0. The number of nitrogens with two attached hydrogens (primary N) is 1. The van der Waals surface area contributed by atoms with E-state index < -0.39 is 0 Å². The van der Waals surface area contributed by atoms with Crippen LogP contribution >= 0.6 is 11.3 Å². The molecule has 3 nitrogen and oxygen atoms in total. The normalized spacial score (nSPS) is 13.9. The van der Waals surface area contributed by atoms with Crippen LogP contribution in [-0.4, -0.2) is 19.3 Å². The number of para-hydroxylation sites is 1. The molecule has 1 heterocycles. The number of hydrogen-bond donors (Lipinski definition) is 1. The van der Waals surface area contributed by atoms with E-state index in [2.05, 4.69) is 18.4 Å². The van der Waals surface area contributed by atoms with Gasteiger partial charge in [-0.25, -0.2) is 0 Å². The first-order chi connectivity index (χ1) is 9.81. The summed E-state index contributed by atoms with van der Waals surface area (Å²) in [4.78, 5) is 1.18. The molecule has 4 heteroatoms. The third-order valence-corrected chi connectivity index (χ3v) is 4.01. The van der Waals surface area contributed by atoms with Gasteiger partial charge in [0.1, 0.15) is 18.5 Å². The van der Waals surface area contributed by atoms with Gasteiger partial charge in [-0.3, -0.25) is 0 Å². The van der Waals surface area contributed by atoms with Crippen molar-refractivity contribution in [2.75, 3.05) is 13.2 Å². The minimum absolute atomic E-state index is 0.0189. The Labute approximate surface area is 124 Å². The third-order valence-electron chi connectivity index (χ3n) is 3.08. The molecule has 0 spiro atoms. The molecule has 2 atom stereocenters. The number of rotatable bonds is 8. The summed E-state index contributed by atoms with van der Waals surface area (Å²) >= 11 is 1.68. The molecule has 2 aromatic rings. The molecule has 0 aliphatic rings. The second kappa shape index (κ2) is 8.04. The molecule has 1 aromatic heterocycles. The lowest BCUT2D eigenvalue weighted by Crippen LogP contribution is -2.30. The number of thiophene rings is 1. The van der Waals surface area contributed by atoms with E-state index in [1.807, 2.05) is 36.4 Å². The fourth-order valence-corrected chi connectivity index (χ4v) is 2.78. The quantitative estimate of drug-likeness (QED) is 0.755. The lowest BCUT2D eigenvalue weighted by Gasteiger charge is -2.22. The Hall–Kier alpha value is -1.36. The van der Waals surface area contributed by atoms with Gasteiger partial charge in [0.05, 0.1) is 6.61 Å². The van der Waals surface area contributed by atoms with E-state index in [4.69, 9.17) is 15.2 Å². The zero-order valence-corrected chi connectivity index (χ0v) is 12.5. The van der Waals surface area contributed by atoms with Crippen LogP contribution in [0, 0.1) is 0 Å². The van der Waals surface area contributed by atoms with E-state index in [9.17, 15) is 0 Å². The van der Waals surface area contributed by atoms with Gasteiger partial charge in [-0.15, -0.1) is 11.3 Å². The van der Waals surface area contributed by atoms with Crippen LogP contribution in [0.25, 0.3) is 0 Å². The fourth-order valence-electron chi connectivity index (χ4n) is 1.94. The summed E-state index contributed by atoms with van der Waals surface area (Å²) in [5, 5.41) is 2.05. The molecule has 1 aromatic carbocycles. The number of hydrogen-bond acceptors (Lipinski definition) is 4. The van der Waals surface area contributed by atoms with Gasteiger partial charge in [0.25, 0.3) is 0 Å². The second-order valence-corrected chi connectivity index (χ2v) is 5.52. The van der Waals surface area contributed by atoms with Crippen molar-refractivity contribution in [1.29, 1.82) is 0 Å². The van der Waals surface area contributed by atoms with E-state index in [0.717, 1.165) is 12.2 Å². The predicted octanol–water partition coefficient (Wildman–Crippen LogP) is 3.62. The molecule has 0 amide bonds. The molecule has 20 heavy (non-hydrogen) atoms. The Morgan fingerprint density at radius 2 is 1.90 bits per heavy atom. The van der Waals surface area contributed by atoms with E-state index >= 15 is 0 Å². The summed E-state index contributed by atoms with van der Waals surface area (Å²) in [6.07, 6.45) is 0.849. The van der Waals surface area contributed by atoms with Crippen molar-refractivity contribution in [3.05, 3.63) is 52.7 Å².